The first-order valence-electron chi connectivity index (χ1n) is 7.45. The Hall–Kier alpha value is -0.370. The van der Waals surface area contributed by atoms with Crippen LogP contribution >= 0.6 is 15.9 Å². The average Bonchev–Trinajstić information content (AvgIpc) is 2.30. The lowest BCUT2D eigenvalue weighted by Crippen LogP contribution is -2.42. The van der Waals surface area contributed by atoms with Gasteiger partial charge >= 0.3 is 0 Å². The van der Waals surface area contributed by atoms with Crippen molar-refractivity contribution in [2.24, 2.45) is 17.8 Å². The van der Waals surface area contributed by atoms with Gasteiger partial charge in [0, 0.05) is 0 Å². The van der Waals surface area contributed by atoms with Crippen LogP contribution in [0.25, 0.3) is 0 Å². The molecule has 0 nitrogen and oxygen atoms in total. The Morgan fingerprint density at radius 2 is 1.74 bits per heavy atom. The third-order valence-corrected chi connectivity index (χ3v) is 5.96. The first kappa shape index (κ1) is 13.6. The van der Waals surface area contributed by atoms with E-state index >= 15 is 0 Å². The standard InChI is InChI=1S/C17H22BrF/c1-11-6-13-7-12(2)9-17(8-11,10-13)14-4-3-5-15(19)16(14)18/h3-5,11-13H,6-10H2,1-2H3. The van der Waals surface area contributed by atoms with E-state index in [1.54, 1.807) is 6.07 Å². The molecule has 0 saturated heterocycles. The van der Waals surface area contributed by atoms with Gasteiger partial charge < -0.3 is 0 Å². The highest BCUT2D eigenvalue weighted by Crippen LogP contribution is 2.55. The van der Waals surface area contributed by atoms with Crippen LogP contribution in [-0.2, 0) is 5.41 Å². The zero-order valence-electron chi connectivity index (χ0n) is 11.8. The number of halogens is 2. The summed E-state index contributed by atoms with van der Waals surface area (Å²) in [6.07, 6.45) is 6.41. The third kappa shape index (κ3) is 2.37. The highest BCUT2D eigenvalue weighted by molar-refractivity contribution is 9.10. The fraction of sp³-hybridized carbons (Fsp3) is 0.647. The fourth-order valence-corrected chi connectivity index (χ4v) is 5.63. The molecule has 0 N–H and O–H groups in total. The smallest absolute Gasteiger partial charge is 0.137 e. The number of benzene rings is 1. The second kappa shape index (κ2) is 4.87. The minimum Gasteiger partial charge on any atom is -0.206 e. The Balaban J connectivity index is 2.06. The van der Waals surface area contributed by atoms with Crippen LogP contribution in [0.1, 0.15) is 51.5 Å². The number of rotatable bonds is 1. The van der Waals surface area contributed by atoms with Crippen molar-refractivity contribution < 1.29 is 4.39 Å². The van der Waals surface area contributed by atoms with Crippen LogP contribution in [0.3, 0.4) is 0 Å². The number of fused-ring (bicyclic) bond motifs is 2. The third-order valence-electron chi connectivity index (χ3n) is 5.15. The van der Waals surface area contributed by atoms with Crippen molar-refractivity contribution in [3.05, 3.63) is 34.1 Å². The highest BCUT2D eigenvalue weighted by Gasteiger charge is 2.46. The summed E-state index contributed by atoms with van der Waals surface area (Å²) in [7, 11) is 0. The second-order valence-electron chi connectivity index (χ2n) is 7.04. The Labute approximate surface area is 123 Å². The summed E-state index contributed by atoms with van der Waals surface area (Å²) in [5.74, 6) is 2.25. The average molecular weight is 325 g/mol. The van der Waals surface area contributed by atoms with Crippen LogP contribution in [0.5, 0.6) is 0 Å². The van der Waals surface area contributed by atoms with E-state index in [2.05, 4.69) is 35.8 Å². The molecule has 2 aliphatic carbocycles. The molecule has 2 atom stereocenters. The van der Waals surface area contributed by atoms with E-state index in [1.807, 2.05) is 6.07 Å². The molecule has 2 heteroatoms. The molecule has 2 saturated carbocycles. The van der Waals surface area contributed by atoms with Gasteiger partial charge in [-0.2, -0.15) is 0 Å². The summed E-state index contributed by atoms with van der Waals surface area (Å²) >= 11 is 3.50. The zero-order chi connectivity index (χ0) is 13.6. The topological polar surface area (TPSA) is 0 Å². The molecule has 0 heterocycles. The molecule has 19 heavy (non-hydrogen) atoms. The maximum Gasteiger partial charge on any atom is 0.137 e. The Morgan fingerprint density at radius 3 is 2.37 bits per heavy atom. The van der Waals surface area contributed by atoms with Crippen LogP contribution < -0.4 is 0 Å². The van der Waals surface area contributed by atoms with Crippen LogP contribution in [0.4, 0.5) is 4.39 Å². The van der Waals surface area contributed by atoms with E-state index < -0.39 is 0 Å². The minimum absolute atomic E-state index is 0.111. The van der Waals surface area contributed by atoms with Gasteiger partial charge in [-0.25, -0.2) is 4.39 Å². The van der Waals surface area contributed by atoms with Gasteiger partial charge in [0.15, 0.2) is 0 Å². The van der Waals surface area contributed by atoms with Crippen molar-refractivity contribution in [1.82, 2.24) is 0 Å². The maximum atomic E-state index is 13.9. The van der Waals surface area contributed by atoms with Crippen LogP contribution in [0, 0.1) is 23.6 Å². The molecule has 104 valence electrons. The zero-order valence-corrected chi connectivity index (χ0v) is 13.3. The first-order chi connectivity index (χ1) is 9.00. The van der Waals surface area contributed by atoms with Gasteiger partial charge in [-0.3, -0.25) is 0 Å². The largest absolute Gasteiger partial charge is 0.206 e. The number of hydrogen-bond acceptors (Lipinski definition) is 0. The number of hydrogen-bond donors (Lipinski definition) is 0. The SMILES string of the molecule is CC1CC2CC(C)CC(c3cccc(F)c3Br)(C1)C2. The highest BCUT2D eigenvalue weighted by atomic mass is 79.9. The minimum atomic E-state index is -0.111. The van der Waals surface area contributed by atoms with E-state index in [0.29, 0.717) is 4.47 Å². The van der Waals surface area contributed by atoms with Crippen molar-refractivity contribution in [1.29, 1.82) is 0 Å². The van der Waals surface area contributed by atoms with E-state index in [-0.39, 0.29) is 11.2 Å². The van der Waals surface area contributed by atoms with E-state index in [9.17, 15) is 4.39 Å². The molecule has 2 aliphatic rings. The molecule has 3 rings (SSSR count). The first-order valence-corrected chi connectivity index (χ1v) is 8.24. The summed E-state index contributed by atoms with van der Waals surface area (Å²) in [5, 5.41) is 0. The van der Waals surface area contributed by atoms with Gasteiger partial charge in [-0.1, -0.05) is 26.0 Å². The molecule has 0 aliphatic heterocycles. The van der Waals surface area contributed by atoms with Crippen molar-refractivity contribution in [2.45, 2.75) is 51.4 Å². The lowest BCUT2D eigenvalue weighted by atomic mass is 9.54. The molecule has 2 unspecified atom stereocenters. The van der Waals surface area contributed by atoms with Crippen molar-refractivity contribution in [3.8, 4) is 0 Å². The van der Waals surface area contributed by atoms with E-state index in [4.69, 9.17) is 0 Å². The monoisotopic (exact) mass is 324 g/mol. The molecule has 0 radical (unpaired) electrons. The van der Waals surface area contributed by atoms with Gasteiger partial charge in [-0.05, 0) is 82.8 Å². The van der Waals surface area contributed by atoms with Gasteiger partial charge in [0.1, 0.15) is 5.82 Å². The van der Waals surface area contributed by atoms with Gasteiger partial charge in [0.05, 0.1) is 4.47 Å². The fourth-order valence-electron chi connectivity index (χ4n) is 4.95. The van der Waals surface area contributed by atoms with E-state index in [0.717, 1.165) is 17.8 Å². The van der Waals surface area contributed by atoms with Crippen molar-refractivity contribution in [3.63, 3.8) is 0 Å². The second-order valence-corrected chi connectivity index (χ2v) is 7.83. The summed E-state index contributed by atoms with van der Waals surface area (Å²) < 4.78 is 14.6. The lowest BCUT2D eigenvalue weighted by molar-refractivity contribution is 0.0773. The Morgan fingerprint density at radius 1 is 1.11 bits per heavy atom. The summed E-state index contributed by atoms with van der Waals surface area (Å²) in [6, 6.07) is 5.57. The predicted molar refractivity (Wildman–Crippen MR) is 80.7 cm³/mol. The predicted octanol–water partition coefficient (Wildman–Crippen LogP) is 5.69. The molecule has 1 aromatic rings. The van der Waals surface area contributed by atoms with Crippen LogP contribution in [0.2, 0.25) is 0 Å². The van der Waals surface area contributed by atoms with Crippen LogP contribution in [0.15, 0.2) is 22.7 Å². The molecular weight excluding hydrogens is 303 g/mol. The molecule has 0 aromatic heterocycles. The lowest BCUT2D eigenvalue weighted by Gasteiger charge is -2.50. The van der Waals surface area contributed by atoms with Gasteiger partial charge in [-0.15, -0.1) is 0 Å². The molecule has 0 spiro atoms. The molecule has 0 amide bonds. The van der Waals surface area contributed by atoms with Crippen molar-refractivity contribution in [2.75, 3.05) is 0 Å². The van der Waals surface area contributed by atoms with Crippen molar-refractivity contribution >= 4 is 15.9 Å². The molecular formula is C17H22BrF. The quantitative estimate of drug-likeness (QED) is 0.622. The summed E-state index contributed by atoms with van der Waals surface area (Å²) in [5.41, 5.74) is 1.43. The Kier molecular flexibility index (Phi) is 3.49. The van der Waals surface area contributed by atoms with E-state index in [1.165, 1.54) is 37.7 Å². The summed E-state index contributed by atoms with van der Waals surface area (Å²) in [4.78, 5) is 0. The maximum absolute atomic E-state index is 13.9. The Bertz CT molecular complexity index is 463. The van der Waals surface area contributed by atoms with Gasteiger partial charge in [0.2, 0.25) is 0 Å². The summed E-state index contributed by atoms with van der Waals surface area (Å²) in [6.45, 7) is 4.73. The molecule has 2 bridgehead atoms. The normalized spacial score (nSPS) is 38.2. The molecule has 2 fully saturated rings. The van der Waals surface area contributed by atoms with Crippen LogP contribution in [-0.4, -0.2) is 0 Å². The molecule has 1 aromatic carbocycles. The van der Waals surface area contributed by atoms with Gasteiger partial charge in [0.25, 0.3) is 0 Å².